The van der Waals surface area contributed by atoms with Crippen molar-refractivity contribution in [3.63, 3.8) is 0 Å². The van der Waals surface area contributed by atoms with Crippen molar-refractivity contribution in [3.8, 4) is 0 Å². The first-order chi connectivity index (χ1) is 6.58. The quantitative estimate of drug-likeness (QED) is 0.451. The van der Waals surface area contributed by atoms with E-state index < -0.39 is 0 Å². The Balaban J connectivity index is 2.83. The lowest BCUT2D eigenvalue weighted by Crippen LogP contribution is -1.84. The molecule has 72 valence electrons. The number of halogens is 4. The largest absolute Gasteiger partial charge is 0.235 e. The van der Waals surface area contributed by atoms with Gasteiger partial charge in [0, 0.05) is 8.96 Å². The van der Waals surface area contributed by atoms with E-state index in [2.05, 4.69) is 43.5 Å². The van der Waals surface area contributed by atoms with Gasteiger partial charge in [0.1, 0.15) is 5.15 Å². The molecule has 14 heavy (non-hydrogen) atoms. The van der Waals surface area contributed by atoms with Crippen LogP contribution in [0.3, 0.4) is 0 Å². The number of fused-ring (bicyclic) bond motifs is 1. The molecule has 1 aromatic heterocycles. The molecule has 0 bridgehead atoms. The third-order valence-electron chi connectivity index (χ3n) is 1.77. The van der Waals surface area contributed by atoms with Gasteiger partial charge in [-0.2, -0.15) is 0 Å². The van der Waals surface area contributed by atoms with Gasteiger partial charge in [0.2, 0.25) is 0 Å². The van der Waals surface area contributed by atoms with Gasteiger partial charge in [0.15, 0.2) is 0 Å². The number of rotatable bonds is 0. The molecule has 2 aromatic rings. The van der Waals surface area contributed by atoms with Crippen LogP contribution in [-0.2, 0) is 0 Å². The fourth-order valence-corrected chi connectivity index (χ4v) is 2.25. The number of pyridine rings is 1. The zero-order chi connectivity index (χ0) is 10.3. The molecule has 0 saturated carbocycles. The predicted octanol–water partition coefficient (Wildman–Crippen LogP) is 4.91. The van der Waals surface area contributed by atoms with Crippen LogP contribution in [0, 0.1) is 3.57 Å². The molecule has 0 amide bonds. The van der Waals surface area contributed by atoms with E-state index in [0.717, 1.165) is 18.9 Å². The van der Waals surface area contributed by atoms with Gasteiger partial charge in [-0.1, -0.05) is 23.2 Å². The topological polar surface area (TPSA) is 12.9 Å². The number of aromatic nitrogens is 1. The molecule has 0 radical (unpaired) electrons. The molecule has 0 unspecified atom stereocenters. The van der Waals surface area contributed by atoms with Crippen LogP contribution in [0.25, 0.3) is 10.9 Å². The van der Waals surface area contributed by atoms with E-state index in [1.807, 2.05) is 18.2 Å². The second-order valence-electron chi connectivity index (χ2n) is 2.72. The summed E-state index contributed by atoms with van der Waals surface area (Å²) in [6.45, 7) is 0. The van der Waals surface area contributed by atoms with Gasteiger partial charge in [-0.15, -0.1) is 0 Å². The van der Waals surface area contributed by atoms with Crippen molar-refractivity contribution in [2.24, 2.45) is 0 Å². The Bertz CT molecular complexity index is 426. The van der Waals surface area contributed by atoms with E-state index >= 15 is 0 Å². The van der Waals surface area contributed by atoms with Crippen LogP contribution in [-0.4, -0.2) is 4.98 Å². The molecule has 0 aliphatic carbocycles. The summed E-state index contributed by atoms with van der Waals surface area (Å²) in [5.41, 5.74) is 0.809. The zero-order valence-corrected chi connectivity index (χ0v) is 11.9. The highest BCUT2D eigenvalue weighted by Crippen LogP contribution is 2.29. The lowest BCUT2D eigenvalue weighted by Gasteiger charge is -2.02. The fourth-order valence-electron chi connectivity index (χ4n) is 1.12. The Morgan fingerprint density at radius 3 is 2.64 bits per heavy atom. The average Bonchev–Trinajstić information content (AvgIpc) is 2.11. The summed E-state index contributed by atoms with van der Waals surface area (Å²) < 4.78 is 1.80. The Kier molecular flexibility index (Phi) is 3.21. The lowest BCUT2D eigenvalue weighted by molar-refractivity contribution is 1.39. The second-order valence-corrected chi connectivity index (χ2v) is 5.50. The van der Waals surface area contributed by atoms with Crippen LogP contribution >= 0.6 is 61.7 Å². The molecule has 1 heterocycles. The van der Waals surface area contributed by atoms with Crippen molar-refractivity contribution in [2.75, 3.05) is 0 Å². The smallest absolute Gasteiger partial charge is 0.143 e. The average molecular weight is 403 g/mol. The number of benzene rings is 1. The maximum atomic E-state index is 5.98. The summed E-state index contributed by atoms with van der Waals surface area (Å²) in [6.07, 6.45) is 0. The monoisotopic (exact) mass is 401 g/mol. The Labute approximate surface area is 113 Å². The summed E-state index contributed by atoms with van der Waals surface area (Å²) in [5, 5.41) is 2.17. The Hall–Kier alpha value is 0.420. The number of hydrogen-bond acceptors (Lipinski definition) is 1. The van der Waals surface area contributed by atoms with Crippen LogP contribution in [0.2, 0.25) is 10.2 Å². The number of nitrogens with zero attached hydrogens (tertiary/aromatic N) is 1. The van der Waals surface area contributed by atoms with Crippen molar-refractivity contribution in [2.45, 2.75) is 0 Å². The summed E-state index contributed by atoms with van der Waals surface area (Å²) in [4.78, 5) is 4.21. The molecule has 1 aromatic carbocycles. The van der Waals surface area contributed by atoms with Crippen molar-refractivity contribution in [1.82, 2.24) is 4.98 Å². The molecule has 0 N–H and O–H groups in total. The van der Waals surface area contributed by atoms with Crippen LogP contribution in [0.15, 0.2) is 22.7 Å². The van der Waals surface area contributed by atoms with Gasteiger partial charge >= 0.3 is 0 Å². The molecule has 0 atom stereocenters. The van der Waals surface area contributed by atoms with Crippen LogP contribution < -0.4 is 0 Å². The van der Waals surface area contributed by atoms with E-state index in [9.17, 15) is 0 Å². The highest BCUT2D eigenvalue weighted by Gasteiger charge is 2.05. The first-order valence-corrected chi connectivity index (χ1v) is 6.31. The van der Waals surface area contributed by atoms with Gasteiger partial charge < -0.3 is 0 Å². The third kappa shape index (κ3) is 2.01. The van der Waals surface area contributed by atoms with E-state index in [1.165, 1.54) is 0 Å². The maximum Gasteiger partial charge on any atom is 0.143 e. The van der Waals surface area contributed by atoms with Gasteiger partial charge in [-0.3, -0.25) is 0 Å². The first kappa shape index (κ1) is 10.9. The van der Waals surface area contributed by atoms with E-state index in [4.69, 9.17) is 23.2 Å². The standard InChI is InChI=1S/C9H3BrCl2IN/c10-5-1-4-2-7(13)6(11)3-8(4)14-9(5)12/h1-3H. The predicted molar refractivity (Wildman–Crippen MR) is 72.2 cm³/mol. The van der Waals surface area contributed by atoms with Gasteiger partial charge in [-0.05, 0) is 56.7 Å². The summed E-state index contributed by atoms with van der Waals surface area (Å²) in [5.74, 6) is 0. The normalized spacial score (nSPS) is 10.9. The fraction of sp³-hybridized carbons (Fsp3) is 0. The van der Waals surface area contributed by atoms with Crippen molar-refractivity contribution >= 4 is 72.6 Å². The highest BCUT2D eigenvalue weighted by molar-refractivity contribution is 14.1. The number of hydrogen-bond donors (Lipinski definition) is 0. The second kappa shape index (κ2) is 4.12. The summed E-state index contributed by atoms with van der Waals surface area (Å²) in [6, 6.07) is 5.73. The van der Waals surface area contributed by atoms with Crippen LogP contribution in [0.5, 0.6) is 0 Å². The molecular weight excluding hydrogens is 400 g/mol. The zero-order valence-electron chi connectivity index (χ0n) is 6.69. The van der Waals surface area contributed by atoms with E-state index in [0.29, 0.717) is 10.2 Å². The Morgan fingerprint density at radius 2 is 1.93 bits per heavy atom. The van der Waals surface area contributed by atoms with Crippen molar-refractivity contribution in [1.29, 1.82) is 0 Å². The Morgan fingerprint density at radius 1 is 1.21 bits per heavy atom. The minimum absolute atomic E-state index is 0.453. The molecule has 0 saturated heterocycles. The molecule has 1 nitrogen and oxygen atoms in total. The van der Waals surface area contributed by atoms with Crippen molar-refractivity contribution in [3.05, 3.63) is 36.4 Å². The van der Waals surface area contributed by atoms with Crippen LogP contribution in [0.4, 0.5) is 0 Å². The maximum absolute atomic E-state index is 5.98. The minimum atomic E-state index is 0.453. The molecule has 0 aliphatic rings. The summed E-state index contributed by atoms with van der Waals surface area (Å²) >= 11 is 17.4. The highest BCUT2D eigenvalue weighted by atomic mass is 127. The molecule has 0 spiro atoms. The molecule has 0 fully saturated rings. The molecule has 2 rings (SSSR count). The van der Waals surface area contributed by atoms with Gasteiger partial charge in [-0.25, -0.2) is 4.98 Å². The molecule has 5 heteroatoms. The van der Waals surface area contributed by atoms with Gasteiger partial charge in [0.25, 0.3) is 0 Å². The SMILES string of the molecule is Clc1cc2nc(Cl)c(Br)cc2cc1I. The van der Waals surface area contributed by atoms with E-state index in [-0.39, 0.29) is 0 Å². The van der Waals surface area contributed by atoms with E-state index in [1.54, 1.807) is 0 Å². The molecule has 0 aliphatic heterocycles. The lowest BCUT2D eigenvalue weighted by atomic mass is 10.2. The first-order valence-electron chi connectivity index (χ1n) is 3.69. The third-order valence-corrected chi connectivity index (χ3v) is 4.41. The van der Waals surface area contributed by atoms with Crippen molar-refractivity contribution < 1.29 is 0 Å². The van der Waals surface area contributed by atoms with Gasteiger partial charge in [0.05, 0.1) is 15.0 Å². The summed E-state index contributed by atoms with van der Waals surface area (Å²) in [7, 11) is 0. The minimum Gasteiger partial charge on any atom is -0.235 e. The van der Waals surface area contributed by atoms with Crippen LogP contribution in [0.1, 0.15) is 0 Å². The molecular formula is C9H3BrCl2IN.